The number of methoxy groups -OCH3 is 1. The summed E-state index contributed by atoms with van der Waals surface area (Å²) in [6.07, 6.45) is 1.48. The summed E-state index contributed by atoms with van der Waals surface area (Å²) in [7, 11) is 1.60. The van der Waals surface area contributed by atoms with E-state index in [1.54, 1.807) is 13.2 Å². The van der Waals surface area contributed by atoms with Crippen LogP contribution in [-0.2, 0) is 0 Å². The third kappa shape index (κ3) is 1.95. The van der Waals surface area contributed by atoms with Crippen LogP contribution in [0.1, 0.15) is 5.56 Å². The first-order valence-corrected chi connectivity index (χ1v) is 4.91. The fourth-order valence-corrected chi connectivity index (χ4v) is 1.56. The van der Waals surface area contributed by atoms with Crippen LogP contribution in [0.5, 0.6) is 5.75 Å². The second kappa shape index (κ2) is 4.18. The highest BCUT2D eigenvalue weighted by Crippen LogP contribution is 2.28. The van der Waals surface area contributed by atoms with Crippen LogP contribution in [0.15, 0.2) is 35.3 Å². The van der Waals surface area contributed by atoms with Crippen LogP contribution in [0.2, 0.25) is 0 Å². The van der Waals surface area contributed by atoms with Crippen LogP contribution < -0.4 is 10.4 Å². The van der Waals surface area contributed by atoms with Crippen molar-refractivity contribution >= 4 is 0 Å². The van der Waals surface area contributed by atoms with Gasteiger partial charge in [0.05, 0.1) is 12.8 Å². The van der Waals surface area contributed by atoms with Gasteiger partial charge in [-0.25, -0.2) is 9.78 Å². The number of nitrogens with one attached hydrogen (secondary N) is 1. The van der Waals surface area contributed by atoms with Crippen molar-refractivity contribution in [2.24, 2.45) is 0 Å². The summed E-state index contributed by atoms with van der Waals surface area (Å²) >= 11 is 0. The topological polar surface area (TPSA) is 55.0 Å². The second-order valence-electron chi connectivity index (χ2n) is 3.49. The number of hydrogen-bond acceptors (Lipinski definition) is 3. The number of nitrogens with zero attached hydrogens (tertiary/aromatic N) is 1. The molecule has 0 aliphatic heterocycles. The largest absolute Gasteiger partial charge is 0.496 e. The first-order valence-electron chi connectivity index (χ1n) is 4.91. The summed E-state index contributed by atoms with van der Waals surface area (Å²) in [5.41, 5.74) is 2.32. The lowest BCUT2D eigenvalue weighted by atomic mass is 10.1. The standard InChI is InChI=1S/C12H12N2O2/c1-8-3-4-11(16-2)9(7-8)10-5-6-13-12(15)14-10/h3-7H,1-2H3,(H,13,14,15). The predicted octanol–water partition coefficient (Wildman–Crippen LogP) is 1.75. The van der Waals surface area contributed by atoms with Gasteiger partial charge in [-0.1, -0.05) is 11.6 Å². The Morgan fingerprint density at radius 1 is 1.31 bits per heavy atom. The van der Waals surface area contributed by atoms with Crippen molar-refractivity contribution in [3.63, 3.8) is 0 Å². The molecule has 0 saturated heterocycles. The van der Waals surface area contributed by atoms with Crippen molar-refractivity contribution in [2.45, 2.75) is 6.92 Å². The quantitative estimate of drug-likeness (QED) is 0.832. The molecule has 16 heavy (non-hydrogen) atoms. The zero-order chi connectivity index (χ0) is 11.5. The number of rotatable bonds is 2. The van der Waals surface area contributed by atoms with Gasteiger partial charge >= 0.3 is 5.69 Å². The van der Waals surface area contributed by atoms with Crippen molar-refractivity contribution in [1.29, 1.82) is 0 Å². The molecule has 82 valence electrons. The SMILES string of the molecule is COc1ccc(C)cc1-c1ccnc(=O)[nH]1. The van der Waals surface area contributed by atoms with Gasteiger partial charge in [0, 0.05) is 11.8 Å². The molecule has 0 atom stereocenters. The minimum atomic E-state index is -0.360. The monoisotopic (exact) mass is 216 g/mol. The van der Waals surface area contributed by atoms with Gasteiger partial charge in [-0.05, 0) is 25.1 Å². The van der Waals surface area contributed by atoms with Gasteiger partial charge in [0.15, 0.2) is 0 Å². The summed E-state index contributed by atoms with van der Waals surface area (Å²) in [6, 6.07) is 7.55. The molecule has 0 aliphatic rings. The van der Waals surface area contributed by atoms with Crippen LogP contribution in [0, 0.1) is 6.92 Å². The summed E-state index contributed by atoms with van der Waals surface area (Å²) < 4.78 is 5.25. The third-order valence-corrected chi connectivity index (χ3v) is 2.32. The molecule has 2 aromatic rings. The molecule has 1 N–H and O–H groups in total. The lowest BCUT2D eigenvalue weighted by molar-refractivity contribution is 0.416. The summed E-state index contributed by atoms with van der Waals surface area (Å²) in [5.74, 6) is 0.729. The van der Waals surface area contributed by atoms with E-state index < -0.39 is 0 Å². The van der Waals surface area contributed by atoms with Crippen molar-refractivity contribution in [1.82, 2.24) is 9.97 Å². The minimum Gasteiger partial charge on any atom is -0.496 e. The third-order valence-electron chi connectivity index (χ3n) is 2.32. The average Bonchev–Trinajstić information content (AvgIpc) is 2.29. The number of aromatic amines is 1. The number of aryl methyl sites for hydroxylation is 1. The Kier molecular flexibility index (Phi) is 2.72. The van der Waals surface area contributed by atoms with Crippen LogP contribution in [0.25, 0.3) is 11.3 Å². The first kappa shape index (κ1) is 10.4. The Morgan fingerprint density at radius 3 is 2.81 bits per heavy atom. The lowest BCUT2D eigenvalue weighted by Crippen LogP contribution is -2.09. The van der Waals surface area contributed by atoms with Crippen LogP contribution >= 0.6 is 0 Å². The molecule has 0 radical (unpaired) electrons. The highest BCUT2D eigenvalue weighted by molar-refractivity contribution is 5.67. The van der Waals surface area contributed by atoms with Gasteiger partial charge in [-0.2, -0.15) is 0 Å². The van der Waals surface area contributed by atoms with Gasteiger partial charge < -0.3 is 9.72 Å². The van der Waals surface area contributed by atoms with Gasteiger partial charge in [-0.3, -0.25) is 0 Å². The Bertz CT molecular complexity index is 561. The summed E-state index contributed by atoms with van der Waals surface area (Å²) in [4.78, 5) is 17.4. The fraction of sp³-hybridized carbons (Fsp3) is 0.167. The first-order chi connectivity index (χ1) is 7.70. The van der Waals surface area contributed by atoms with Gasteiger partial charge in [0.1, 0.15) is 5.75 Å². The van der Waals surface area contributed by atoms with Crippen LogP contribution in [0.3, 0.4) is 0 Å². The van der Waals surface area contributed by atoms with E-state index in [1.807, 2.05) is 25.1 Å². The van der Waals surface area contributed by atoms with Crippen molar-refractivity contribution in [3.05, 3.63) is 46.5 Å². The normalized spacial score (nSPS) is 10.1. The molecule has 1 heterocycles. The molecule has 0 aliphatic carbocycles. The van der Waals surface area contributed by atoms with Crippen molar-refractivity contribution in [2.75, 3.05) is 7.11 Å². The zero-order valence-electron chi connectivity index (χ0n) is 9.15. The lowest BCUT2D eigenvalue weighted by Gasteiger charge is -2.08. The minimum absolute atomic E-state index is 0.360. The van der Waals surface area contributed by atoms with Crippen molar-refractivity contribution < 1.29 is 4.74 Å². The molecule has 1 aromatic carbocycles. The second-order valence-corrected chi connectivity index (χ2v) is 3.49. The van der Waals surface area contributed by atoms with Gasteiger partial charge in [0.25, 0.3) is 0 Å². The molecule has 4 nitrogen and oxygen atoms in total. The Balaban J connectivity index is 2.62. The fourth-order valence-electron chi connectivity index (χ4n) is 1.56. The van der Waals surface area contributed by atoms with E-state index in [1.165, 1.54) is 6.20 Å². The maximum absolute atomic E-state index is 11.1. The van der Waals surface area contributed by atoms with E-state index in [9.17, 15) is 4.79 Å². The Morgan fingerprint density at radius 2 is 2.12 bits per heavy atom. The number of H-pyrrole nitrogens is 1. The summed E-state index contributed by atoms with van der Waals surface area (Å²) in [5, 5.41) is 0. The van der Waals surface area contributed by atoms with E-state index in [0.29, 0.717) is 5.69 Å². The zero-order valence-corrected chi connectivity index (χ0v) is 9.15. The maximum Gasteiger partial charge on any atom is 0.345 e. The van der Waals surface area contributed by atoms with Crippen molar-refractivity contribution in [3.8, 4) is 17.0 Å². The molecule has 0 bridgehead atoms. The van der Waals surface area contributed by atoms with E-state index >= 15 is 0 Å². The van der Waals surface area contributed by atoms with Crippen LogP contribution in [-0.4, -0.2) is 17.1 Å². The highest BCUT2D eigenvalue weighted by Gasteiger charge is 2.06. The molecule has 0 amide bonds. The van der Waals surface area contributed by atoms with E-state index in [4.69, 9.17) is 4.74 Å². The summed E-state index contributed by atoms with van der Waals surface area (Å²) in [6.45, 7) is 1.99. The predicted molar refractivity (Wildman–Crippen MR) is 61.6 cm³/mol. The van der Waals surface area contributed by atoms with Gasteiger partial charge in [-0.15, -0.1) is 0 Å². The van der Waals surface area contributed by atoms with E-state index in [2.05, 4.69) is 9.97 Å². The molecule has 0 saturated carbocycles. The maximum atomic E-state index is 11.1. The number of benzene rings is 1. The van der Waals surface area contributed by atoms with Crippen LogP contribution in [0.4, 0.5) is 0 Å². The Labute approximate surface area is 92.9 Å². The van der Waals surface area contributed by atoms with Gasteiger partial charge in [0.2, 0.25) is 0 Å². The molecule has 2 rings (SSSR count). The molecular formula is C12H12N2O2. The number of ether oxygens (including phenoxy) is 1. The van der Waals surface area contributed by atoms with E-state index in [-0.39, 0.29) is 5.69 Å². The smallest absolute Gasteiger partial charge is 0.345 e. The van der Waals surface area contributed by atoms with E-state index in [0.717, 1.165) is 16.9 Å². The molecule has 0 spiro atoms. The molecule has 1 aromatic heterocycles. The molecular weight excluding hydrogens is 204 g/mol. The number of hydrogen-bond donors (Lipinski definition) is 1. The highest BCUT2D eigenvalue weighted by atomic mass is 16.5. The molecule has 0 unspecified atom stereocenters. The molecule has 4 heteroatoms. The Hall–Kier alpha value is -2.10. The average molecular weight is 216 g/mol. The number of aromatic nitrogens is 2. The molecule has 0 fully saturated rings.